The number of nitrogens with one attached hydrogen (secondary N) is 2. The van der Waals surface area contributed by atoms with E-state index in [1.807, 2.05) is 0 Å². The normalized spacial score (nSPS) is 28.0. The van der Waals surface area contributed by atoms with Crippen LogP contribution in [0.3, 0.4) is 0 Å². The second-order valence-electron chi connectivity index (χ2n) is 5.94. The van der Waals surface area contributed by atoms with Crippen molar-refractivity contribution in [2.24, 2.45) is 5.92 Å². The van der Waals surface area contributed by atoms with Crippen LogP contribution in [0, 0.1) is 5.92 Å². The lowest BCUT2D eigenvalue weighted by Crippen LogP contribution is -2.39. The summed E-state index contributed by atoms with van der Waals surface area (Å²) in [5.74, 6) is 1.35. The Morgan fingerprint density at radius 1 is 1.38 bits per heavy atom. The number of hydrogen-bond acceptors (Lipinski definition) is 3. The number of ether oxygens (including phenoxy) is 1. The Hall–Kier alpha value is -1.26. The van der Waals surface area contributed by atoms with E-state index in [2.05, 4.69) is 10.6 Å². The van der Waals surface area contributed by atoms with Gasteiger partial charge in [-0.1, -0.05) is 24.4 Å². The third-order valence-electron chi connectivity index (χ3n) is 4.61. The summed E-state index contributed by atoms with van der Waals surface area (Å²) in [6.07, 6.45) is 5.93. The van der Waals surface area contributed by atoms with Gasteiger partial charge < -0.3 is 15.4 Å². The summed E-state index contributed by atoms with van der Waals surface area (Å²) in [7, 11) is 1.59. The van der Waals surface area contributed by atoms with Crippen molar-refractivity contribution >= 4 is 23.2 Å². The minimum atomic E-state index is -0.101. The number of fused-ring (bicyclic) bond motifs is 1. The van der Waals surface area contributed by atoms with Crippen molar-refractivity contribution in [2.45, 2.75) is 44.2 Å². The van der Waals surface area contributed by atoms with E-state index < -0.39 is 0 Å². The molecule has 2 N–H and O–H groups in total. The molecule has 2 fully saturated rings. The number of amides is 1. The van der Waals surface area contributed by atoms with E-state index in [0.29, 0.717) is 28.4 Å². The number of carbonyl (C=O) groups excluding carboxylic acids is 1. The van der Waals surface area contributed by atoms with Gasteiger partial charge in [0.2, 0.25) is 5.91 Å². The molecule has 3 atom stereocenters. The molecule has 5 heteroatoms. The molecule has 0 unspecified atom stereocenters. The van der Waals surface area contributed by atoms with Crippen LogP contribution in [0.25, 0.3) is 0 Å². The summed E-state index contributed by atoms with van der Waals surface area (Å²) in [6.45, 7) is 0. The molecule has 2 aliphatic rings. The zero-order valence-electron chi connectivity index (χ0n) is 12.2. The number of methoxy groups -OCH3 is 1. The maximum atomic E-state index is 12.4. The standard InChI is InChI=1S/C16H21ClN2O2/c1-21-11-6-7-14(12(17)9-11)19-16(20)15-8-10-4-2-3-5-13(10)18-15/h6-7,9-10,13,15,18H,2-5,8H2,1H3,(H,19,20)/t10-,13-,15-/m0/s1. The molecule has 21 heavy (non-hydrogen) atoms. The van der Waals surface area contributed by atoms with Crippen LogP contribution >= 0.6 is 11.6 Å². The van der Waals surface area contributed by atoms with Gasteiger partial charge in [0.1, 0.15) is 5.75 Å². The van der Waals surface area contributed by atoms with Crippen molar-refractivity contribution in [2.75, 3.05) is 12.4 Å². The van der Waals surface area contributed by atoms with Gasteiger partial charge in [-0.05, 0) is 37.3 Å². The predicted octanol–water partition coefficient (Wildman–Crippen LogP) is 3.21. The molecule has 114 valence electrons. The highest BCUT2D eigenvalue weighted by atomic mass is 35.5. The fourth-order valence-corrected chi connectivity index (χ4v) is 3.68. The summed E-state index contributed by atoms with van der Waals surface area (Å²) in [4.78, 5) is 12.4. The third-order valence-corrected chi connectivity index (χ3v) is 4.93. The van der Waals surface area contributed by atoms with E-state index in [1.54, 1.807) is 25.3 Å². The molecular formula is C16H21ClN2O2. The predicted molar refractivity (Wildman–Crippen MR) is 83.9 cm³/mol. The largest absolute Gasteiger partial charge is 0.497 e. The van der Waals surface area contributed by atoms with Crippen LogP contribution in [0.5, 0.6) is 5.75 Å². The minimum absolute atomic E-state index is 0.0106. The molecule has 3 rings (SSSR count). The molecule has 0 spiro atoms. The molecule has 1 aliphatic carbocycles. The Bertz CT molecular complexity index is 521. The van der Waals surface area contributed by atoms with Gasteiger partial charge in [0.25, 0.3) is 0 Å². The lowest BCUT2D eigenvalue weighted by Gasteiger charge is -2.24. The Labute approximate surface area is 130 Å². The Balaban J connectivity index is 1.64. The van der Waals surface area contributed by atoms with Crippen molar-refractivity contribution in [3.8, 4) is 5.75 Å². The third kappa shape index (κ3) is 3.16. The maximum Gasteiger partial charge on any atom is 0.241 e. The van der Waals surface area contributed by atoms with Crippen molar-refractivity contribution in [1.82, 2.24) is 5.32 Å². The van der Waals surface area contributed by atoms with E-state index in [0.717, 1.165) is 6.42 Å². The van der Waals surface area contributed by atoms with Crippen LogP contribution in [0.15, 0.2) is 18.2 Å². The van der Waals surface area contributed by atoms with Gasteiger partial charge in [0.15, 0.2) is 0 Å². The molecule has 4 nitrogen and oxygen atoms in total. The molecule has 1 saturated carbocycles. The SMILES string of the molecule is COc1ccc(NC(=O)[C@@H]2C[C@@H]3CCCC[C@@H]3N2)c(Cl)c1. The van der Waals surface area contributed by atoms with Crippen molar-refractivity contribution in [1.29, 1.82) is 0 Å². The van der Waals surface area contributed by atoms with Gasteiger partial charge in [-0.15, -0.1) is 0 Å². The average Bonchev–Trinajstić information content (AvgIpc) is 2.93. The van der Waals surface area contributed by atoms with Gasteiger partial charge in [-0.25, -0.2) is 0 Å². The van der Waals surface area contributed by atoms with Crippen LogP contribution in [-0.2, 0) is 4.79 Å². The monoisotopic (exact) mass is 308 g/mol. The molecule has 1 aromatic carbocycles. The first-order valence-electron chi connectivity index (χ1n) is 7.58. The van der Waals surface area contributed by atoms with E-state index >= 15 is 0 Å². The van der Waals surface area contributed by atoms with Gasteiger partial charge in [-0.3, -0.25) is 4.79 Å². The second kappa shape index (κ2) is 6.24. The summed E-state index contributed by atoms with van der Waals surface area (Å²) in [5.41, 5.74) is 0.638. The summed E-state index contributed by atoms with van der Waals surface area (Å²) in [5, 5.41) is 6.90. The Morgan fingerprint density at radius 2 is 2.19 bits per heavy atom. The molecule has 1 aliphatic heterocycles. The molecule has 0 aromatic heterocycles. The Morgan fingerprint density at radius 3 is 2.90 bits per heavy atom. The zero-order chi connectivity index (χ0) is 14.8. The highest BCUT2D eigenvalue weighted by molar-refractivity contribution is 6.33. The number of halogens is 1. The highest BCUT2D eigenvalue weighted by Gasteiger charge is 2.38. The summed E-state index contributed by atoms with van der Waals surface area (Å²) in [6, 6.07) is 5.70. The van der Waals surface area contributed by atoms with Crippen LogP contribution in [-0.4, -0.2) is 25.1 Å². The van der Waals surface area contributed by atoms with Gasteiger partial charge >= 0.3 is 0 Å². The molecule has 1 aromatic rings. The van der Waals surface area contributed by atoms with Crippen LogP contribution in [0.2, 0.25) is 5.02 Å². The average molecular weight is 309 g/mol. The first-order chi connectivity index (χ1) is 10.2. The lowest BCUT2D eigenvalue weighted by atomic mass is 9.85. The number of anilines is 1. The number of benzene rings is 1. The van der Waals surface area contributed by atoms with Gasteiger partial charge in [0.05, 0.1) is 23.9 Å². The van der Waals surface area contributed by atoms with E-state index in [4.69, 9.17) is 16.3 Å². The van der Waals surface area contributed by atoms with Crippen molar-refractivity contribution in [3.05, 3.63) is 23.2 Å². The number of rotatable bonds is 3. The zero-order valence-corrected chi connectivity index (χ0v) is 13.0. The molecule has 1 amide bonds. The fourth-order valence-electron chi connectivity index (χ4n) is 3.47. The molecule has 1 saturated heterocycles. The number of hydrogen-bond donors (Lipinski definition) is 2. The number of carbonyl (C=O) groups is 1. The van der Waals surface area contributed by atoms with Gasteiger partial charge in [-0.2, -0.15) is 0 Å². The van der Waals surface area contributed by atoms with Crippen molar-refractivity contribution < 1.29 is 9.53 Å². The first kappa shape index (κ1) is 14.7. The van der Waals surface area contributed by atoms with E-state index in [1.165, 1.54) is 25.7 Å². The molecule has 0 radical (unpaired) electrons. The van der Waals surface area contributed by atoms with Crippen molar-refractivity contribution in [3.63, 3.8) is 0 Å². The molecular weight excluding hydrogens is 288 g/mol. The quantitative estimate of drug-likeness (QED) is 0.901. The fraction of sp³-hybridized carbons (Fsp3) is 0.562. The maximum absolute atomic E-state index is 12.4. The highest BCUT2D eigenvalue weighted by Crippen LogP contribution is 2.34. The first-order valence-corrected chi connectivity index (χ1v) is 7.95. The van der Waals surface area contributed by atoms with E-state index in [9.17, 15) is 4.79 Å². The topological polar surface area (TPSA) is 50.4 Å². The molecule has 1 heterocycles. The second-order valence-corrected chi connectivity index (χ2v) is 6.35. The van der Waals surface area contributed by atoms with Crippen LogP contribution < -0.4 is 15.4 Å². The Kier molecular flexibility index (Phi) is 4.36. The molecule has 0 bridgehead atoms. The smallest absolute Gasteiger partial charge is 0.241 e. The minimum Gasteiger partial charge on any atom is -0.497 e. The summed E-state index contributed by atoms with van der Waals surface area (Å²) >= 11 is 6.17. The lowest BCUT2D eigenvalue weighted by molar-refractivity contribution is -0.117. The van der Waals surface area contributed by atoms with E-state index in [-0.39, 0.29) is 11.9 Å². The van der Waals surface area contributed by atoms with Crippen LogP contribution in [0.4, 0.5) is 5.69 Å². The van der Waals surface area contributed by atoms with Crippen LogP contribution in [0.1, 0.15) is 32.1 Å². The van der Waals surface area contributed by atoms with Gasteiger partial charge in [0, 0.05) is 12.1 Å². The summed E-state index contributed by atoms with van der Waals surface area (Å²) < 4.78 is 5.11.